The molecule has 252 valence electrons. The number of aryl methyl sites for hydroxylation is 1. The molecule has 1 saturated carbocycles. The monoisotopic (exact) mass is 677 g/mol. The average Bonchev–Trinajstić information content (AvgIpc) is 3.47. The smallest absolute Gasteiger partial charge is 0.349 e. The molecule has 4 aromatic rings. The predicted molar refractivity (Wildman–Crippen MR) is 175 cm³/mol. The Balaban J connectivity index is 1.31. The van der Waals surface area contributed by atoms with Crippen LogP contribution in [-0.2, 0) is 21.8 Å². The predicted octanol–water partition coefficient (Wildman–Crippen LogP) is 3.10. The minimum Gasteiger partial charge on any atom is -0.474 e. The minimum absolute atomic E-state index is 0.122. The number of morpholine rings is 1. The molecule has 2 aliphatic rings. The molecule has 1 unspecified atom stereocenters. The topological polar surface area (TPSA) is 207 Å². The summed E-state index contributed by atoms with van der Waals surface area (Å²) < 4.78 is 40.8. The third-order valence-corrected chi connectivity index (χ3v) is 9.78. The molecule has 0 spiro atoms. The molecule has 48 heavy (non-hydrogen) atoms. The molecule has 5 heterocycles. The fourth-order valence-electron chi connectivity index (χ4n) is 6.15. The Hall–Kier alpha value is -5.15. The molecule has 4 aromatic heterocycles. The Bertz CT molecular complexity index is 1950. The Morgan fingerprint density at radius 1 is 1.12 bits per heavy atom. The lowest BCUT2D eigenvalue weighted by Gasteiger charge is -2.31. The second kappa shape index (κ2) is 13.5. The highest BCUT2D eigenvalue weighted by Crippen LogP contribution is 2.38. The van der Waals surface area contributed by atoms with Crippen LogP contribution in [0.2, 0.25) is 0 Å². The Labute approximate surface area is 276 Å². The molecule has 17 nitrogen and oxygen atoms in total. The van der Waals surface area contributed by atoms with Crippen LogP contribution in [0.4, 0.5) is 23.3 Å². The van der Waals surface area contributed by atoms with E-state index < -0.39 is 21.0 Å². The number of aromatic nitrogens is 6. The highest BCUT2D eigenvalue weighted by atomic mass is 32.2. The molecule has 1 N–H and O–H groups in total. The molecule has 2 fully saturated rings. The van der Waals surface area contributed by atoms with E-state index in [1.54, 1.807) is 13.0 Å². The van der Waals surface area contributed by atoms with Gasteiger partial charge in [0.2, 0.25) is 21.9 Å². The number of ether oxygens (including phenoxy) is 2. The Morgan fingerprint density at radius 2 is 1.83 bits per heavy atom. The Kier molecular flexibility index (Phi) is 9.24. The van der Waals surface area contributed by atoms with Gasteiger partial charge in [-0.15, -0.1) is 4.68 Å². The van der Waals surface area contributed by atoms with E-state index in [0.29, 0.717) is 73.3 Å². The molecule has 0 aromatic carbocycles. The van der Waals surface area contributed by atoms with E-state index in [1.165, 1.54) is 31.8 Å². The van der Waals surface area contributed by atoms with Gasteiger partial charge < -0.3 is 29.8 Å². The summed E-state index contributed by atoms with van der Waals surface area (Å²) in [6.45, 7) is 3.98. The number of nitrogens with one attached hydrogen (secondary N) is 1. The summed E-state index contributed by atoms with van der Waals surface area (Å²) in [6.07, 6.45) is 9.56. The van der Waals surface area contributed by atoms with Crippen molar-refractivity contribution in [3.8, 4) is 11.9 Å². The quantitative estimate of drug-likeness (QED) is 0.189. The van der Waals surface area contributed by atoms with Crippen LogP contribution in [0.3, 0.4) is 0 Å². The van der Waals surface area contributed by atoms with Crippen molar-refractivity contribution in [1.29, 1.82) is 5.26 Å². The van der Waals surface area contributed by atoms with E-state index >= 15 is 0 Å². The zero-order valence-electron chi connectivity index (χ0n) is 26.7. The average molecular weight is 678 g/mol. The third-order valence-electron chi connectivity index (χ3n) is 8.54. The maximum Gasteiger partial charge on any atom is 0.349 e. The fourth-order valence-corrected chi connectivity index (χ4v) is 7.33. The normalized spacial score (nSPS) is 19.0. The van der Waals surface area contributed by atoms with Crippen molar-refractivity contribution in [2.24, 2.45) is 7.05 Å². The van der Waals surface area contributed by atoms with Gasteiger partial charge in [0, 0.05) is 25.2 Å². The summed E-state index contributed by atoms with van der Waals surface area (Å²) in [5.41, 5.74) is 1.30. The van der Waals surface area contributed by atoms with Crippen molar-refractivity contribution in [2.75, 3.05) is 47.1 Å². The van der Waals surface area contributed by atoms with E-state index in [9.17, 15) is 18.5 Å². The number of nitrogens with zero attached hydrogens (tertiary/aromatic N) is 10. The van der Waals surface area contributed by atoms with Crippen LogP contribution < -0.4 is 19.3 Å². The Morgan fingerprint density at radius 3 is 2.48 bits per heavy atom. The van der Waals surface area contributed by atoms with Crippen LogP contribution in [-0.4, -0.2) is 87.8 Å². The van der Waals surface area contributed by atoms with Crippen molar-refractivity contribution in [3.05, 3.63) is 58.2 Å². The van der Waals surface area contributed by atoms with E-state index in [4.69, 9.17) is 19.7 Å². The van der Waals surface area contributed by atoms with Gasteiger partial charge in [0.15, 0.2) is 0 Å². The number of nitriles is 1. The largest absolute Gasteiger partial charge is 0.474 e. The number of pyridine rings is 2. The molecular weight excluding hydrogens is 642 g/mol. The summed E-state index contributed by atoms with van der Waals surface area (Å²) in [6, 6.07) is 4.66. The summed E-state index contributed by atoms with van der Waals surface area (Å²) in [7, 11) is -2.52. The maximum atomic E-state index is 13.2. The zero-order valence-corrected chi connectivity index (χ0v) is 27.5. The van der Waals surface area contributed by atoms with Crippen molar-refractivity contribution in [3.63, 3.8) is 0 Å². The van der Waals surface area contributed by atoms with Crippen LogP contribution >= 0.6 is 0 Å². The summed E-state index contributed by atoms with van der Waals surface area (Å²) in [5.74, 6) is 1.16. The molecule has 1 atom stereocenters. The van der Waals surface area contributed by atoms with Gasteiger partial charge >= 0.3 is 5.82 Å². The van der Waals surface area contributed by atoms with Gasteiger partial charge in [0.1, 0.15) is 25.0 Å². The number of nitro groups is 1. The first-order valence-electron chi connectivity index (χ1n) is 15.5. The molecule has 0 radical (unpaired) electrons. The van der Waals surface area contributed by atoms with E-state index in [2.05, 4.69) is 30.3 Å². The van der Waals surface area contributed by atoms with Gasteiger partial charge in [-0.3, -0.25) is 9.29 Å². The van der Waals surface area contributed by atoms with Crippen molar-refractivity contribution in [1.82, 2.24) is 29.7 Å². The fraction of sp³-hybridized carbons (Fsp3) is 0.467. The molecule has 1 aliphatic carbocycles. The maximum absolute atomic E-state index is 13.2. The number of anilines is 3. The third kappa shape index (κ3) is 6.92. The van der Waals surface area contributed by atoms with Crippen LogP contribution in [0, 0.1) is 21.4 Å². The molecule has 1 saturated heterocycles. The zero-order chi connectivity index (χ0) is 34.0. The lowest BCUT2D eigenvalue weighted by atomic mass is 9.93. The van der Waals surface area contributed by atoms with E-state index in [0.717, 1.165) is 28.1 Å². The number of hydrogen-bond acceptors (Lipinski definition) is 14. The number of fused-ring (bicyclic) bond motifs is 1. The van der Waals surface area contributed by atoms with Gasteiger partial charge in [-0.05, 0) is 43.6 Å². The summed E-state index contributed by atoms with van der Waals surface area (Å²) >= 11 is 0. The molecule has 18 heteroatoms. The van der Waals surface area contributed by atoms with Gasteiger partial charge in [-0.1, -0.05) is 5.10 Å². The van der Waals surface area contributed by atoms with Gasteiger partial charge in [0.05, 0.1) is 78.0 Å². The van der Waals surface area contributed by atoms with Crippen LogP contribution in [0.1, 0.15) is 49.8 Å². The van der Waals surface area contributed by atoms with Crippen LogP contribution in [0.25, 0.3) is 10.9 Å². The summed E-state index contributed by atoms with van der Waals surface area (Å²) in [4.78, 5) is 31.3. The first kappa shape index (κ1) is 32.8. The van der Waals surface area contributed by atoms with Crippen LogP contribution in [0.5, 0.6) is 5.88 Å². The lowest BCUT2D eigenvalue weighted by molar-refractivity contribution is -0.393. The summed E-state index contributed by atoms with van der Waals surface area (Å²) in [5, 5.41) is 28.7. The number of hydrogen-bond donors (Lipinski definition) is 1. The molecule has 0 bridgehead atoms. The molecule has 6 rings (SSSR count). The number of rotatable bonds is 10. The van der Waals surface area contributed by atoms with Gasteiger partial charge in [-0.2, -0.15) is 10.2 Å². The first-order valence-corrected chi connectivity index (χ1v) is 17.3. The molecular formula is C30H35N11O6S. The van der Waals surface area contributed by atoms with E-state index in [1.807, 2.05) is 12.1 Å². The number of sulfonamides is 1. The van der Waals surface area contributed by atoms with Gasteiger partial charge in [0.25, 0.3) is 0 Å². The highest BCUT2D eigenvalue weighted by molar-refractivity contribution is 7.92. The minimum atomic E-state index is -3.95. The van der Waals surface area contributed by atoms with Gasteiger partial charge in [-0.25, -0.2) is 18.4 Å². The van der Waals surface area contributed by atoms with Crippen LogP contribution in [0.15, 0.2) is 36.9 Å². The SMILES string of the molecule is CC(c1cnn(C)c1[N+](=O)[O-])N(c1cnc2cc(N3CCOCC3)nc(O[C@H]3CC[C@@H](Nc4ncc(C#N)cn4)CC3)c2c1)S(C)(=O)=O. The second-order valence-electron chi connectivity index (χ2n) is 11.8. The molecule has 1 aliphatic heterocycles. The first-order chi connectivity index (χ1) is 23.0. The highest BCUT2D eigenvalue weighted by Gasteiger charge is 2.33. The molecule has 0 amide bonds. The van der Waals surface area contributed by atoms with Crippen molar-refractivity contribution in [2.45, 2.75) is 50.8 Å². The second-order valence-corrected chi connectivity index (χ2v) is 13.7. The van der Waals surface area contributed by atoms with Crippen molar-refractivity contribution >= 4 is 44.2 Å². The lowest BCUT2D eigenvalue weighted by Crippen LogP contribution is -2.37. The van der Waals surface area contributed by atoms with Crippen molar-refractivity contribution < 1.29 is 22.8 Å². The standard InChI is InChI=1S/C30H35N11O6S/c1-19(25-18-35-38(2)29(25)41(42)43)40(48(3,44)45)22-12-24-26(32-17-22)13-27(39-8-10-46-11-9-39)37-28(24)47-23-6-4-21(5-7-23)36-30-33-15-20(14-31)16-34-30/h12-13,15-19,21,23H,4-11H2,1-3H3,(H,33,34,36)/t19?,21-,23+. The van der Waals surface area contributed by atoms with E-state index in [-0.39, 0.29) is 29.2 Å².